The predicted octanol–water partition coefficient (Wildman–Crippen LogP) is 1.65. The second-order valence-electron chi connectivity index (χ2n) is 6.85. The summed E-state index contributed by atoms with van der Waals surface area (Å²) in [6, 6.07) is 18.7. The van der Waals surface area contributed by atoms with E-state index in [1.54, 1.807) is 4.90 Å². The Kier molecular flexibility index (Phi) is 6.88. The van der Waals surface area contributed by atoms with E-state index in [2.05, 4.69) is 56.6 Å². The van der Waals surface area contributed by atoms with E-state index in [-0.39, 0.29) is 5.91 Å². The molecule has 0 aliphatic carbocycles. The van der Waals surface area contributed by atoms with Gasteiger partial charge in [-0.05, 0) is 5.56 Å². The minimum atomic E-state index is 0.181. The third-order valence-corrected chi connectivity index (χ3v) is 5.68. The number of hydrogen-bond acceptors (Lipinski definition) is 3. The van der Waals surface area contributed by atoms with Crippen molar-refractivity contribution >= 4 is 32.5 Å². The molecular weight excluding hydrogens is 383 g/mol. The number of carbonyl (C=O) groups is 1. The summed E-state index contributed by atoms with van der Waals surface area (Å²) in [5, 5.41) is 0. The van der Waals surface area contributed by atoms with Gasteiger partial charge in [-0.2, -0.15) is 0 Å². The summed E-state index contributed by atoms with van der Waals surface area (Å²) in [5.41, 5.74) is 2.34. The van der Waals surface area contributed by atoms with Crippen molar-refractivity contribution in [2.24, 2.45) is 0 Å². The number of piperazine rings is 1. The number of carbonyl (C=O) groups excluding carboxylic acids is 1. The van der Waals surface area contributed by atoms with Crippen molar-refractivity contribution in [2.45, 2.75) is 13.0 Å². The molecule has 2 aromatic rings. The van der Waals surface area contributed by atoms with Gasteiger partial charge in [0.1, 0.15) is 0 Å². The molecule has 1 fully saturated rings. The van der Waals surface area contributed by atoms with Crippen LogP contribution < -0.4 is 9.30 Å². The molecule has 1 saturated heterocycles. The fraction of sp³-hybridized carbons (Fsp3) is 0.381. The van der Waals surface area contributed by atoms with E-state index in [0.29, 0.717) is 6.42 Å². The normalized spacial score (nSPS) is 15.8. The minimum absolute atomic E-state index is 0.181. The van der Waals surface area contributed by atoms with Crippen LogP contribution in [0.1, 0.15) is 12.0 Å². The zero-order chi connectivity index (χ0) is 18.4. The molecule has 0 atom stereocenters. The molecule has 0 spiro atoms. The molecule has 0 N–H and O–H groups in total. The van der Waals surface area contributed by atoms with Gasteiger partial charge in [0.15, 0.2) is 0 Å². The van der Waals surface area contributed by atoms with Gasteiger partial charge in [0.25, 0.3) is 0 Å². The molecule has 5 heteroatoms. The fourth-order valence-corrected chi connectivity index (χ4v) is 3.61. The third-order valence-electron chi connectivity index (χ3n) is 4.98. The quantitative estimate of drug-likeness (QED) is 0.680. The topological polar surface area (TPSA) is 26.8 Å². The summed E-state index contributed by atoms with van der Waals surface area (Å²) in [4.78, 5) is 19.1. The van der Waals surface area contributed by atoms with E-state index in [0.717, 1.165) is 45.0 Å². The van der Waals surface area contributed by atoms with Gasteiger partial charge in [-0.15, -0.1) is 0 Å². The molecular formula is C21H26GeN3O. The number of benzene rings is 2. The first kappa shape index (κ1) is 19.1. The first-order valence-corrected chi connectivity index (χ1v) is 10.2. The first-order valence-electron chi connectivity index (χ1n) is 9.19. The average molecular weight is 409 g/mol. The van der Waals surface area contributed by atoms with Crippen molar-refractivity contribution in [1.82, 2.24) is 9.80 Å². The van der Waals surface area contributed by atoms with Crippen LogP contribution in [-0.4, -0.2) is 72.0 Å². The Bertz CT molecular complexity index is 697. The van der Waals surface area contributed by atoms with Crippen molar-refractivity contribution in [3.63, 3.8) is 0 Å². The van der Waals surface area contributed by atoms with Crippen LogP contribution in [0, 0.1) is 0 Å². The zero-order valence-corrected chi connectivity index (χ0v) is 17.5. The number of hydrogen-bond donors (Lipinski definition) is 0. The van der Waals surface area contributed by atoms with Gasteiger partial charge >= 0.3 is 122 Å². The molecule has 3 radical (unpaired) electrons. The Morgan fingerprint density at radius 1 is 0.962 bits per heavy atom. The van der Waals surface area contributed by atoms with E-state index >= 15 is 0 Å². The van der Waals surface area contributed by atoms with Crippen LogP contribution in [0.4, 0.5) is 5.69 Å². The number of anilines is 1. The monoisotopic (exact) mass is 410 g/mol. The molecule has 1 aliphatic rings. The van der Waals surface area contributed by atoms with Crippen molar-refractivity contribution in [3.8, 4) is 0 Å². The second kappa shape index (κ2) is 9.35. The van der Waals surface area contributed by atoms with Crippen molar-refractivity contribution < 1.29 is 4.79 Å². The average Bonchev–Trinajstić information content (AvgIpc) is 2.68. The summed E-state index contributed by atoms with van der Waals surface area (Å²) in [6.45, 7) is 6.06. The van der Waals surface area contributed by atoms with Crippen LogP contribution >= 0.6 is 0 Å². The second-order valence-corrected chi connectivity index (χ2v) is 8.06. The third kappa shape index (κ3) is 5.43. The summed E-state index contributed by atoms with van der Waals surface area (Å²) < 4.78 is 1.21. The van der Waals surface area contributed by atoms with Gasteiger partial charge in [-0.3, -0.25) is 0 Å². The molecule has 1 amide bonds. The molecule has 0 unspecified atom stereocenters. The van der Waals surface area contributed by atoms with Gasteiger partial charge in [0, 0.05) is 6.54 Å². The Hall–Kier alpha value is -1.63. The van der Waals surface area contributed by atoms with Crippen LogP contribution in [0.5, 0.6) is 0 Å². The fourth-order valence-electron chi connectivity index (χ4n) is 3.26. The van der Waals surface area contributed by atoms with Crippen LogP contribution in [0.3, 0.4) is 0 Å². The van der Waals surface area contributed by atoms with Crippen LogP contribution in [0.25, 0.3) is 0 Å². The Morgan fingerprint density at radius 3 is 2.23 bits per heavy atom. The standard InChI is InChI=1S/C21H26GeN3O/c1-23(20-9-7-19(22)8-10-20)21(26)11-12-24-13-15-25(16-14-24)17-18-5-3-2-4-6-18/h2-10H,11-17H2,1H3. The predicted molar refractivity (Wildman–Crippen MR) is 108 cm³/mol. The van der Waals surface area contributed by atoms with Gasteiger partial charge < -0.3 is 0 Å². The van der Waals surface area contributed by atoms with E-state index in [1.165, 1.54) is 9.96 Å². The number of rotatable bonds is 6. The Morgan fingerprint density at radius 2 is 1.58 bits per heavy atom. The SMILES string of the molecule is CN(C(=O)CCN1CCN(Cc2ccccc2)CC1)c1cc[c]([Ge])cc1. The van der Waals surface area contributed by atoms with E-state index in [9.17, 15) is 4.79 Å². The maximum absolute atomic E-state index is 12.5. The summed E-state index contributed by atoms with van der Waals surface area (Å²) in [5.74, 6) is 0.181. The molecule has 0 saturated carbocycles. The summed E-state index contributed by atoms with van der Waals surface area (Å²) in [7, 11) is 1.87. The molecule has 2 aromatic carbocycles. The Balaban J connectivity index is 1.40. The van der Waals surface area contributed by atoms with Crippen LogP contribution in [-0.2, 0) is 11.3 Å². The number of nitrogens with zero attached hydrogens (tertiary/aromatic N) is 3. The van der Waals surface area contributed by atoms with Gasteiger partial charge in [0.05, 0.1) is 0 Å². The van der Waals surface area contributed by atoms with E-state index < -0.39 is 0 Å². The molecule has 1 aliphatic heterocycles. The van der Waals surface area contributed by atoms with Crippen molar-refractivity contribution in [3.05, 3.63) is 60.2 Å². The van der Waals surface area contributed by atoms with Crippen LogP contribution in [0.2, 0.25) is 0 Å². The first-order chi connectivity index (χ1) is 12.6. The summed E-state index contributed by atoms with van der Waals surface area (Å²) in [6.07, 6.45) is 0.572. The van der Waals surface area contributed by atoms with E-state index in [1.807, 2.05) is 31.3 Å². The maximum atomic E-state index is 12.5. The van der Waals surface area contributed by atoms with Gasteiger partial charge in [0.2, 0.25) is 0 Å². The number of amides is 1. The molecule has 135 valence electrons. The molecule has 4 nitrogen and oxygen atoms in total. The summed E-state index contributed by atoms with van der Waals surface area (Å²) >= 11 is 2.06. The zero-order valence-electron chi connectivity index (χ0n) is 15.4. The van der Waals surface area contributed by atoms with Crippen molar-refractivity contribution in [2.75, 3.05) is 44.7 Å². The van der Waals surface area contributed by atoms with E-state index in [4.69, 9.17) is 0 Å². The van der Waals surface area contributed by atoms with Gasteiger partial charge in [-0.1, -0.05) is 30.3 Å². The molecule has 0 aromatic heterocycles. The molecule has 26 heavy (non-hydrogen) atoms. The molecule has 0 bridgehead atoms. The molecule has 1 heterocycles. The Labute approximate surface area is 165 Å². The van der Waals surface area contributed by atoms with Gasteiger partial charge in [-0.25, -0.2) is 0 Å². The van der Waals surface area contributed by atoms with Crippen molar-refractivity contribution in [1.29, 1.82) is 0 Å². The van der Waals surface area contributed by atoms with Crippen LogP contribution in [0.15, 0.2) is 54.6 Å². The molecule has 3 rings (SSSR count).